The molecule has 0 spiro atoms. The van der Waals surface area contributed by atoms with E-state index in [1.165, 1.54) is 28.3 Å². The first-order valence-corrected chi connectivity index (χ1v) is 9.59. The van der Waals surface area contributed by atoms with Crippen LogP contribution in [0.1, 0.15) is 33.5 Å². The van der Waals surface area contributed by atoms with Crippen LogP contribution < -0.4 is 0 Å². The van der Waals surface area contributed by atoms with E-state index in [-0.39, 0.29) is 5.91 Å². The molecule has 7 heteroatoms. The fourth-order valence-corrected chi connectivity index (χ4v) is 4.05. The van der Waals surface area contributed by atoms with Crippen molar-refractivity contribution in [3.05, 3.63) is 34.4 Å². The van der Waals surface area contributed by atoms with E-state index in [9.17, 15) is 13.2 Å². The van der Waals surface area contributed by atoms with Gasteiger partial charge in [0.25, 0.3) is 16.1 Å². The highest BCUT2D eigenvalue weighted by Crippen LogP contribution is 2.19. The Bertz CT molecular complexity index is 729. The van der Waals surface area contributed by atoms with Crippen molar-refractivity contribution in [2.45, 2.75) is 27.2 Å². The van der Waals surface area contributed by atoms with Gasteiger partial charge < -0.3 is 4.90 Å². The standard InChI is InChI=1S/C17H27N3O3S/c1-13-11-15(3)16(12-14(13)2)17(21)19-7-6-8-20(10-9-19)24(22,23)18(4)5/h11-12H,6-10H2,1-5H3. The van der Waals surface area contributed by atoms with Crippen molar-refractivity contribution >= 4 is 16.1 Å². The third-order valence-corrected chi connectivity index (χ3v) is 6.54. The van der Waals surface area contributed by atoms with Gasteiger partial charge in [-0.05, 0) is 49.9 Å². The molecule has 0 aromatic heterocycles. The van der Waals surface area contributed by atoms with Gasteiger partial charge in [-0.3, -0.25) is 4.79 Å². The number of amides is 1. The molecule has 1 aromatic carbocycles. The van der Waals surface area contributed by atoms with Crippen molar-refractivity contribution in [2.75, 3.05) is 40.3 Å². The zero-order valence-corrected chi connectivity index (χ0v) is 16.0. The number of carbonyl (C=O) groups excluding carboxylic acids is 1. The lowest BCUT2D eigenvalue weighted by Gasteiger charge is -2.24. The second-order valence-corrected chi connectivity index (χ2v) is 8.73. The molecule has 0 bridgehead atoms. The predicted molar refractivity (Wildman–Crippen MR) is 95.4 cm³/mol. The molecular weight excluding hydrogens is 326 g/mol. The van der Waals surface area contributed by atoms with E-state index in [1.807, 2.05) is 32.9 Å². The van der Waals surface area contributed by atoms with Crippen molar-refractivity contribution in [1.29, 1.82) is 0 Å². The van der Waals surface area contributed by atoms with Gasteiger partial charge in [0.15, 0.2) is 0 Å². The first-order chi connectivity index (χ1) is 11.1. The molecule has 0 saturated carbocycles. The van der Waals surface area contributed by atoms with Crippen LogP contribution in [0.15, 0.2) is 12.1 Å². The molecule has 1 aliphatic rings. The maximum Gasteiger partial charge on any atom is 0.281 e. The van der Waals surface area contributed by atoms with Gasteiger partial charge in [0.1, 0.15) is 0 Å². The number of carbonyl (C=O) groups is 1. The van der Waals surface area contributed by atoms with Gasteiger partial charge in [0.2, 0.25) is 0 Å². The van der Waals surface area contributed by atoms with Crippen LogP contribution in [-0.4, -0.2) is 68.1 Å². The molecule has 1 saturated heterocycles. The summed E-state index contributed by atoms with van der Waals surface area (Å²) in [5.74, 6) is -0.0142. The largest absolute Gasteiger partial charge is 0.337 e. The van der Waals surface area contributed by atoms with Crippen molar-refractivity contribution in [2.24, 2.45) is 0 Å². The van der Waals surface area contributed by atoms with Gasteiger partial charge in [-0.15, -0.1) is 0 Å². The number of nitrogens with zero attached hydrogens (tertiary/aromatic N) is 3. The molecule has 0 aliphatic carbocycles. The van der Waals surface area contributed by atoms with Crippen LogP contribution in [0.25, 0.3) is 0 Å². The summed E-state index contributed by atoms with van der Waals surface area (Å²) in [7, 11) is -0.370. The number of aryl methyl sites for hydroxylation is 3. The van der Waals surface area contributed by atoms with Gasteiger partial charge >= 0.3 is 0 Å². The summed E-state index contributed by atoms with van der Waals surface area (Å²) in [4.78, 5) is 14.6. The summed E-state index contributed by atoms with van der Waals surface area (Å²) in [6.45, 7) is 7.74. The molecule has 2 rings (SSSR count). The Kier molecular flexibility index (Phi) is 5.67. The second-order valence-electron chi connectivity index (χ2n) is 6.59. The molecule has 6 nitrogen and oxygen atoms in total. The molecule has 134 valence electrons. The van der Waals surface area contributed by atoms with Gasteiger partial charge in [0, 0.05) is 45.8 Å². The SMILES string of the molecule is Cc1cc(C)c(C(=O)N2CCCN(S(=O)(=O)N(C)C)CC2)cc1C. The Labute approximate surface area is 145 Å². The highest BCUT2D eigenvalue weighted by Gasteiger charge is 2.29. The van der Waals surface area contributed by atoms with E-state index in [0.717, 1.165) is 11.1 Å². The molecule has 0 atom stereocenters. The van der Waals surface area contributed by atoms with Crippen LogP contribution in [0.3, 0.4) is 0 Å². The molecule has 1 fully saturated rings. The summed E-state index contributed by atoms with van der Waals surface area (Å²) in [6, 6.07) is 3.97. The minimum Gasteiger partial charge on any atom is -0.337 e. The van der Waals surface area contributed by atoms with E-state index >= 15 is 0 Å². The summed E-state index contributed by atoms with van der Waals surface area (Å²) in [5, 5.41) is 0. The van der Waals surface area contributed by atoms with Crippen LogP contribution in [0, 0.1) is 20.8 Å². The van der Waals surface area contributed by atoms with Crippen LogP contribution in [-0.2, 0) is 10.2 Å². The predicted octanol–water partition coefficient (Wildman–Crippen LogP) is 1.57. The Morgan fingerprint density at radius 2 is 1.58 bits per heavy atom. The Morgan fingerprint density at radius 3 is 2.21 bits per heavy atom. The Balaban J connectivity index is 2.17. The fraction of sp³-hybridized carbons (Fsp3) is 0.588. The van der Waals surface area contributed by atoms with Crippen molar-refractivity contribution in [3.63, 3.8) is 0 Å². The number of hydrogen-bond donors (Lipinski definition) is 0. The van der Waals surface area contributed by atoms with Crippen molar-refractivity contribution in [3.8, 4) is 0 Å². The summed E-state index contributed by atoms with van der Waals surface area (Å²) >= 11 is 0. The van der Waals surface area contributed by atoms with E-state index in [1.54, 1.807) is 4.90 Å². The Hall–Kier alpha value is -1.44. The molecule has 24 heavy (non-hydrogen) atoms. The average Bonchev–Trinajstić information content (AvgIpc) is 2.76. The van der Waals surface area contributed by atoms with Gasteiger partial charge in [-0.1, -0.05) is 6.07 Å². The maximum absolute atomic E-state index is 12.9. The van der Waals surface area contributed by atoms with Crippen molar-refractivity contribution < 1.29 is 13.2 Å². The number of hydrogen-bond acceptors (Lipinski definition) is 3. The lowest BCUT2D eigenvalue weighted by molar-refractivity contribution is 0.0763. The quantitative estimate of drug-likeness (QED) is 0.829. The van der Waals surface area contributed by atoms with Crippen LogP contribution in [0.4, 0.5) is 0 Å². The molecule has 1 heterocycles. The number of benzene rings is 1. The summed E-state index contributed by atoms with van der Waals surface area (Å²) in [6.07, 6.45) is 0.642. The van der Waals surface area contributed by atoms with E-state index in [4.69, 9.17) is 0 Å². The first-order valence-electron chi connectivity index (χ1n) is 8.19. The second kappa shape index (κ2) is 7.21. The van der Waals surface area contributed by atoms with Crippen LogP contribution in [0.2, 0.25) is 0 Å². The third kappa shape index (κ3) is 3.79. The minimum absolute atomic E-state index is 0.0142. The van der Waals surface area contributed by atoms with Crippen LogP contribution >= 0.6 is 0 Å². The molecule has 0 N–H and O–H groups in total. The monoisotopic (exact) mass is 353 g/mol. The summed E-state index contributed by atoms with van der Waals surface area (Å²) in [5.41, 5.74) is 3.94. The highest BCUT2D eigenvalue weighted by atomic mass is 32.2. The molecule has 0 radical (unpaired) electrons. The zero-order chi connectivity index (χ0) is 18.1. The van der Waals surface area contributed by atoms with Crippen LogP contribution in [0.5, 0.6) is 0 Å². The lowest BCUT2D eigenvalue weighted by atomic mass is 10.00. The normalized spacial score (nSPS) is 17.2. The first kappa shape index (κ1) is 18.9. The topological polar surface area (TPSA) is 60.9 Å². The van der Waals surface area contributed by atoms with Crippen molar-refractivity contribution in [1.82, 2.24) is 13.5 Å². The lowest BCUT2D eigenvalue weighted by Crippen LogP contribution is -2.42. The molecule has 0 unspecified atom stereocenters. The zero-order valence-electron chi connectivity index (χ0n) is 15.2. The average molecular weight is 353 g/mol. The minimum atomic E-state index is -3.43. The van der Waals surface area contributed by atoms with E-state index < -0.39 is 10.2 Å². The third-order valence-electron chi connectivity index (χ3n) is 4.60. The van der Waals surface area contributed by atoms with Gasteiger partial charge in [0.05, 0.1) is 0 Å². The maximum atomic E-state index is 12.9. The fourth-order valence-electron chi connectivity index (χ4n) is 2.92. The molecule has 1 amide bonds. The Morgan fingerprint density at radius 1 is 0.958 bits per heavy atom. The smallest absolute Gasteiger partial charge is 0.281 e. The molecule has 1 aliphatic heterocycles. The molecular formula is C17H27N3O3S. The molecule has 1 aromatic rings. The highest BCUT2D eigenvalue weighted by molar-refractivity contribution is 7.86. The van der Waals surface area contributed by atoms with E-state index in [2.05, 4.69) is 0 Å². The number of rotatable bonds is 3. The van der Waals surface area contributed by atoms with Gasteiger partial charge in [-0.25, -0.2) is 0 Å². The van der Waals surface area contributed by atoms with E-state index in [0.29, 0.717) is 38.2 Å². The van der Waals surface area contributed by atoms with Gasteiger partial charge in [-0.2, -0.15) is 17.0 Å². The summed E-state index contributed by atoms with van der Waals surface area (Å²) < 4.78 is 27.2.